The van der Waals surface area contributed by atoms with Crippen LogP contribution >= 0.6 is 0 Å². The third-order valence-corrected chi connectivity index (χ3v) is 4.21. The summed E-state index contributed by atoms with van der Waals surface area (Å²) in [5.41, 5.74) is 1.24. The number of carbonyl (C=O) groups excluding carboxylic acids is 2. The van der Waals surface area contributed by atoms with E-state index < -0.39 is 0 Å². The van der Waals surface area contributed by atoms with Crippen LogP contribution < -0.4 is 5.32 Å². The fraction of sp³-hybridized carbons (Fsp3) is 0.333. The molecule has 0 heterocycles. The third kappa shape index (κ3) is 2.96. The summed E-state index contributed by atoms with van der Waals surface area (Å²) in [5.74, 6) is 0.0243. The van der Waals surface area contributed by atoms with Crippen LogP contribution in [0.4, 0.5) is 0 Å². The Morgan fingerprint density at radius 3 is 2.77 bits per heavy atom. The fourth-order valence-corrected chi connectivity index (χ4v) is 2.92. The van der Waals surface area contributed by atoms with E-state index in [1.807, 2.05) is 18.2 Å². The van der Waals surface area contributed by atoms with Gasteiger partial charge in [0.1, 0.15) is 0 Å². The number of methoxy groups -OCH3 is 1. The standard InChI is InChI=1S/C18H19NO3/c1-22-17(20)9-10-19-18(21)16-11-15(16)14-8-4-6-12-5-2-3-7-13(12)14/h2-8,15-16H,9-11H2,1H3,(H,19,21)/t15-,16-/m1/s1. The van der Waals surface area contributed by atoms with Crippen LogP contribution in [0, 0.1) is 5.92 Å². The zero-order valence-corrected chi connectivity index (χ0v) is 12.5. The van der Waals surface area contributed by atoms with Gasteiger partial charge in [-0.1, -0.05) is 42.5 Å². The van der Waals surface area contributed by atoms with Gasteiger partial charge in [0.2, 0.25) is 5.91 Å². The number of hydrogen-bond donors (Lipinski definition) is 1. The molecule has 1 saturated carbocycles. The Morgan fingerprint density at radius 1 is 1.18 bits per heavy atom. The van der Waals surface area contributed by atoms with Crippen LogP contribution in [-0.2, 0) is 14.3 Å². The van der Waals surface area contributed by atoms with Gasteiger partial charge in [-0.25, -0.2) is 0 Å². The molecule has 2 aromatic rings. The van der Waals surface area contributed by atoms with Gasteiger partial charge in [-0.05, 0) is 28.7 Å². The van der Waals surface area contributed by atoms with Crippen molar-refractivity contribution < 1.29 is 14.3 Å². The van der Waals surface area contributed by atoms with Crippen LogP contribution in [0.2, 0.25) is 0 Å². The molecule has 1 aliphatic carbocycles. The molecule has 0 aliphatic heterocycles. The number of rotatable bonds is 5. The van der Waals surface area contributed by atoms with Crippen molar-refractivity contribution in [2.24, 2.45) is 5.92 Å². The molecule has 0 saturated heterocycles. The molecule has 1 N–H and O–H groups in total. The largest absolute Gasteiger partial charge is 0.469 e. The number of hydrogen-bond acceptors (Lipinski definition) is 3. The Labute approximate surface area is 129 Å². The number of amides is 1. The van der Waals surface area contributed by atoms with E-state index in [1.54, 1.807) is 0 Å². The highest BCUT2D eigenvalue weighted by molar-refractivity contribution is 5.89. The molecule has 4 nitrogen and oxygen atoms in total. The first-order valence-electron chi connectivity index (χ1n) is 7.53. The molecule has 22 heavy (non-hydrogen) atoms. The normalized spacial score (nSPS) is 19.7. The monoisotopic (exact) mass is 297 g/mol. The van der Waals surface area contributed by atoms with Crippen molar-refractivity contribution in [1.82, 2.24) is 5.32 Å². The molecule has 114 valence electrons. The summed E-state index contributed by atoms with van der Waals surface area (Å²) in [7, 11) is 1.35. The van der Waals surface area contributed by atoms with Gasteiger partial charge in [0.25, 0.3) is 0 Å². The minimum absolute atomic E-state index is 0.0171. The lowest BCUT2D eigenvalue weighted by Crippen LogP contribution is -2.28. The predicted octanol–water partition coefficient (Wildman–Crippen LogP) is 2.62. The highest BCUT2D eigenvalue weighted by Crippen LogP contribution is 2.49. The van der Waals surface area contributed by atoms with Gasteiger partial charge in [-0.15, -0.1) is 0 Å². The van der Waals surface area contributed by atoms with E-state index in [0.29, 0.717) is 6.54 Å². The van der Waals surface area contributed by atoms with Crippen molar-refractivity contribution in [3.8, 4) is 0 Å². The quantitative estimate of drug-likeness (QED) is 0.863. The van der Waals surface area contributed by atoms with E-state index in [0.717, 1.165) is 6.42 Å². The summed E-state index contributed by atoms with van der Waals surface area (Å²) in [6.45, 7) is 0.338. The second-order valence-corrected chi connectivity index (χ2v) is 5.63. The molecule has 1 fully saturated rings. The summed E-state index contributed by atoms with van der Waals surface area (Å²) >= 11 is 0. The molecule has 1 aliphatic rings. The van der Waals surface area contributed by atoms with Crippen LogP contribution in [0.5, 0.6) is 0 Å². The van der Waals surface area contributed by atoms with Crippen LogP contribution in [0.1, 0.15) is 24.3 Å². The summed E-state index contributed by atoms with van der Waals surface area (Å²) in [6.07, 6.45) is 1.09. The van der Waals surface area contributed by atoms with Gasteiger partial charge in [-0.2, -0.15) is 0 Å². The zero-order valence-electron chi connectivity index (χ0n) is 12.5. The van der Waals surface area contributed by atoms with Gasteiger partial charge < -0.3 is 10.1 Å². The SMILES string of the molecule is COC(=O)CCNC(=O)[C@@H]1C[C@@H]1c1cccc2ccccc12. The fourth-order valence-electron chi connectivity index (χ4n) is 2.92. The lowest BCUT2D eigenvalue weighted by atomic mass is 10.00. The number of ether oxygens (including phenoxy) is 1. The Kier molecular flexibility index (Phi) is 4.09. The van der Waals surface area contributed by atoms with Crippen molar-refractivity contribution in [2.45, 2.75) is 18.8 Å². The van der Waals surface area contributed by atoms with Gasteiger partial charge in [-0.3, -0.25) is 9.59 Å². The zero-order chi connectivity index (χ0) is 15.5. The van der Waals surface area contributed by atoms with Crippen molar-refractivity contribution in [1.29, 1.82) is 0 Å². The van der Waals surface area contributed by atoms with E-state index in [4.69, 9.17) is 0 Å². The average molecular weight is 297 g/mol. The molecule has 3 rings (SSSR count). The predicted molar refractivity (Wildman–Crippen MR) is 84.4 cm³/mol. The average Bonchev–Trinajstić information content (AvgIpc) is 3.34. The van der Waals surface area contributed by atoms with E-state index in [1.165, 1.54) is 23.4 Å². The van der Waals surface area contributed by atoms with Crippen LogP contribution in [-0.4, -0.2) is 25.5 Å². The van der Waals surface area contributed by atoms with Gasteiger partial charge in [0.15, 0.2) is 0 Å². The minimum Gasteiger partial charge on any atom is -0.469 e. The summed E-state index contributed by atoms with van der Waals surface area (Å²) in [6, 6.07) is 14.5. The molecular weight excluding hydrogens is 278 g/mol. The Balaban J connectivity index is 1.63. The molecule has 0 aromatic heterocycles. The first kappa shape index (κ1) is 14.6. The molecule has 2 atom stereocenters. The molecule has 0 radical (unpaired) electrons. The smallest absolute Gasteiger partial charge is 0.307 e. The maximum atomic E-state index is 12.1. The summed E-state index contributed by atoms with van der Waals surface area (Å²) < 4.78 is 4.56. The Morgan fingerprint density at radius 2 is 1.95 bits per heavy atom. The highest BCUT2D eigenvalue weighted by atomic mass is 16.5. The first-order chi connectivity index (χ1) is 10.7. The molecular formula is C18H19NO3. The van der Waals surface area contributed by atoms with Crippen molar-refractivity contribution in [3.05, 3.63) is 48.0 Å². The van der Waals surface area contributed by atoms with Crippen LogP contribution in [0.3, 0.4) is 0 Å². The Bertz CT molecular complexity index is 705. The van der Waals surface area contributed by atoms with E-state index in [-0.39, 0.29) is 30.1 Å². The number of benzene rings is 2. The summed E-state index contributed by atoms with van der Waals surface area (Å²) in [4.78, 5) is 23.2. The van der Waals surface area contributed by atoms with Crippen LogP contribution in [0.25, 0.3) is 10.8 Å². The number of nitrogens with one attached hydrogen (secondary N) is 1. The Hall–Kier alpha value is -2.36. The molecule has 4 heteroatoms. The molecule has 0 unspecified atom stereocenters. The van der Waals surface area contributed by atoms with Gasteiger partial charge >= 0.3 is 5.97 Å². The van der Waals surface area contributed by atoms with Gasteiger partial charge in [0.05, 0.1) is 13.5 Å². The topological polar surface area (TPSA) is 55.4 Å². The van der Waals surface area contributed by atoms with Crippen molar-refractivity contribution in [2.75, 3.05) is 13.7 Å². The van der Waals surface area contributed by atoms with Crippen molar-refractivity contribution in [3.63, 3.8) is 0 Å². The minimum atomic E-state index is -0.304. The molecule has 0 spiro atoms. The van der Waals surface area contributed by atoms with Crippen molar-refractivity contribution >= 4 is 22.6 Å². The van der Waals surface area contributed by atoms with Gasteiger partial charge in [0, 0.05) is 12.5 Å². The van der Waals surface area contributed by atoms with E-state index in [9.17, 15) is 9.59 Å². The maximum Gasteiger partial charge on any atom is 0.307 e. The highest BCUT2D eigenvalue weighted by Gasteiger charge is 2.44. The molecule has 0 bridgehead atoms. The lowest BCUT2D eigenvalue weighted by Gasteiger charge is -2.07. The first-order valence-corrected chi connectivity index (χ1v) is 7.53. The summed E-state index contributed by atoms with van der Waals surface area (Å²) in [5, 5.41) is 5.25. The second-order valence-electron chi connectivity index (χ2n) is 5.63. The number of fused-ring (bicyclic) bond motifs is 1. The second kappa shape index (κ2) is 6.18. The van der Waals surface area contributed by atoms with Crippen LogP contribution in [0.15, 0.2) is 42.5 Å². The third-order valence-electron chi connectivity index (χ3n) is 4.21. The number of esters is 1. The molecule has 1 amide bonds. The molecule has 2 aromatic carbocycles. The van der Waals surface area contributed by atoms with E-state index in [2.05, 4.69) is 34.3 Å². The number of carbonyl (C=O) groups is 2. The lowest BCUT2D eigenvalue weighted by molar-refractivity contribution is -0.140. The van der Waals surface area contributed by atoms with E-state index >= 15 is 0 Å². The maximum absolute atomic E-state index is 12.1.